The van der Waals surface area contributed by atoms with Crippen molar-refractivity contribution in [1.82, 2.24) is 5.32 Å². The van der Waals surface area contributed by atoms with Crippen molar-refractivity contribution in [1.29, 1.82) is 0 Å². The van der Waals surface area contributed by atoms with Gasteiger partial charge >= 0.3 is 5.97 Å². The molecule has 0 radical (unpaired) electrons. The minimum atomic E-state index is -0.656. The zero-order chi connectivity index (χ0) is 12.1. The lowest BCUT2D eigenvalue weighted by Crippen LogP contribution is -2.39. The van der Waals surface area contributed by atoms with E-state index in [1.165, 1.54) is 7.11 Å². The summed E-state index contributed by atoms with van der Waals surface area (Å²) in [4.78, 5) is 22.8. The molecule has 5 heteroatoms. The molecule has 0 spiro atoms. The van der Waals surface area contributed by atoms with Gasteiger partial charge in [0.1, 0.15) is 6.04 Å². The molecule has 1 N–H and O–H groups in total. The summed E-state index contributed by atoms with van der Waals surface area (Å²) < 4.78 is 5.32. The van der Waals surface area contributed by atoms with Gasteiger partial charge in [0, 0.05) is 10.0 Å². The highest BCUT2D eigenvalue weighted by atomic mass is 79.9. The minimum absolute atomic E-state index is 0.306. The number of rotatable bonds is 3. The molecule has 0 aliphatic rings. The molecule has 0 unspecified atom stereocenters. The second-order valence-corrected chi connectivity index (χ2v) is 4.14. The predicted octanol–water partition coefficient (Wildman–Crippen LogP) is 1.74. The highest BCUT2D eigenvalue weighted by Gasteiger charge is 2.16. The predicted molar refractivity (Wildman–Crippen MR) is 63.1 cm³/mol. The summed E-state index contributed by atoms with van der Waals surface area (Å²) in [5, 5.41) is 2.54. The molecule has 1 aromatic rings. The Morgan fingerprint density at radius 3 is 2.69 bits per heavy atom. The Balaban J connectivity index is 2.69. The number of carbonyl (C=O) groups excluding carboxylic acids is 2. The molecule has 0 fully saturated rings. The lowest BCUT2D eigenvalue weighted by atomic mass is 10.2. The fourth-order valence-corrected chi connectivity index (χ4v) is 1.54. The van der Waals surface area contributed by atoms with Crippen LogP contribution in [0.5, 0.6) is 0 Å². The van der Waals surface area contributed by atoms with E-state index in [1.54, 1.807) is 25.1 Å². The molecule has 0 aliphatic carbocycles. The van der Waals surface area contributed by atoms with Crippen LogP contribution in [0.15, 0.2) is 28.7 Å². The Hall–Kier alpha value is -1.36. The molecule has 1 rings (SSSR count). The minimum Gasteiger partial charge on any atom is -0.467 e. The van der Waals surface area contributed by atoms with Crippen molar-refractivity contribution in [2.75, 3.05) is 7.11 Å². The Bertz CT molecular complexity index is 406. The molecule has 1 amide bonds. The lowest BCUT2D eigenvalue weighted by Gasteiger charge is -2.11. The number of methoxy groups -OCH3 is 1. The first-order valence-electron chi connectivity index (χ1n) is 4.69. The average molecular weight is 286 g/mol. The van der Waals surface area contributed by atoms with Crippen LogP contribution in [-0.4, -0.2) is 25.0 Å². The van der Waals surface area contributed by atoms with Crippen LogP contribution in [0.25, 0.3) is 0 Å². The van der Waals surface area contributed by atoms with Gasteiger partial charge in [0.25, 0.3) is 5.91 Å². The van der Waals surface area contributed by atoms with Crippen molar-refractivity contribution >= 4 is 27.8 Å². The van der Waals surface area contributed by atoms with Crippen molar-refractivity contribution in [2.45, 2.75) is 13.0 Å². The van der Waals surface area contributed by atoms with Gasteiger partial charge in [0.15, 0.2) is 0 Å². The summed E-state index contributed by atoms with van der Waals surface area (Å²) >= 11 is 3.27. The molecule has 86 valence electrons. The monoisotopic (exact) mass is 285 g/mol. The Morgan fingerprint density at radius 2 is 2.12 bits per heavy atom. The number of ether oxygens (including phenoxy) is 1. The summed E-state index contributed by atoms with van der Waals surface area (Å²) in [6, 6.07) is 6.27. The summed E-state index contributed by atoms with van der Waals surface area (Å²) in [6.07, 6.45) is 0. The quantitative estimate of drug-likeness (QED) is 0.861. The number of carbonyl (C=O) groups is 2. The van der Waals surface area contributed by atoms with Crippen molar-refractivity contribution in [2.24, 2.45) is 0 Å². The van der Waals surface area contributed by atoms with Gasteiger partial charge in [-0.25, -0.2) is 4.79 Å². The van der Waals surface area contributed by atoms with Crippen LogP contribution >= 0.6 is 15.9 Å². The van der Waals surface area contributed by atoms with E-state index in [4.69, 9.17) is 0 Å². The number of nitrogens with one attached hydrogen (secondary N) is 1. The Kier molecular flexibility index (Phi) is 4.49. The molecule has 4 nitrogen and oxygen atoms in total. The molecular weight excluding hydrogens is 274 g/mol. The van der Waals surface area contributed by atoms with Gasteiger partial charge in [-0.1, -0.05) is 22.0 Å². The van der Waals surface area contributed by atoms with Crippen LogP contribution in [0.3, 0.4) is 0 Å². The van der Waals surface area contributed by atoms with Crippen LogP contribution < -0.4 is 5.32 Å². The standard InChI is InChI=1S/C11H12BrNO3/c1-7(11(15)16-2)13-10(14)8-4-3-5-9(12)6-8/h3-7H,1-2H3,(H,13,14)/t7-/m0/s1. The number of esters is 1. The highest BCUT2D eigenvalue weighted by Crippen LogP contribution is 2.11. The first-order valence-corrected chi connectivity index (χ1v) is 5.48. The third-order valence-electron chi connectivity index (χ3n) is 1.99. The summed E-state index contributed by atoms with van der Waals surface area (Å²) in [5.41, 5.74) is 0.491. The fraction of sp³-hybridized carbons (Fsp3) is 0.273. The third-order valence-corrected chi connectivity index (χ3v) is 2.48. The van der Waals surface area contributed by atoms with E-state index >= 15 is 0 Å². The van der Waals surface area contributed by atoms with E-state index < -0.39 is 12.0 Å². The fourth-order valence-electron chi connectivity index (χ4n) is 1.15. The number of hydrogen-bond donors (Lipinski definition) is 1. The molecule has 0 saturated carbocycles. The SMILES string of the molecule is COC(=O)[C@H](C)NC(=O)c1cccc(Br)c1. The van der Waals surface area contributed by atoms with Gasteiger partial charge in [-0.2, -0.15) is 0 Å². The largest absolute Gasteiger partial charge is 0.467 e. The smallest absolute Gasteiger partial charge is 0.328 e. The topological polar surface area (TPSA) is 55.4 Å². The molecular formula is C11H12BrNO3. The van der Waals surface area contributed by atoms with Crippen molar-refractivity contribution in [3.63, 3.8) is 0 Å². The molecule has 1 aromatic carbocycles. The van der Waals surface area contributed by atoms with Gasteiger partial charge < -0.3 is 10.1 Å². The number of halogens is 1. The van der Waals surface area contributed by atoms with Gasteiger partial charge in [-0.15, -0.1) is 0 Å². The highest BCUT2D eigenvalue weighted by molar-refractivity contribution is 9.10. The maximum Gasteiger partial charge on any atom is 0.328 e. The van der Waals surface area contributed by atoms with Crippen LogP contribution in [0, 0.1) is 0 Å². The van der Waals surface area contributed by atoms with E-state index in [0.29, 0.717) is 5.56 Å². The van der Waals surface area contributed by atoms with E-state index in [1.807, 2.05) is 6.07 Å². The maximum absolute atomic E-state index is 11.7. The first-order chi connectivity index (χ1) is 7.54. The van der Waals surface area contributed by atoms with E-state index in [2.05, 4.69) is 26.0 Å². The van der Waals surface area contributed by atoms with Crippen LogP contribution in [0.2, 0.25) is 0 Å². The van der Waals surface area contributed by atoms with E-state index in [0.717, 1.165) is 4.47 Å². The molecule has 1 atom stereocenters. The van der Waals surface area contributed by atoms with Crippen molar-refractivity contribution in [3.8, 4) is 0 Å². The molecule has 0 bridgehead atoms. The summed E-state index contributed by atoms with van der Waals surface area (Å²) in [7, 11) is 1.28. The van der Waals surface area contributed by atoms with Crippen LogP contribution in [0.4, 0.5) is 0 Å². The maximum atomic E-state index is 11.7. The van der Waals surface area contributed by atoms with Gasteiger partial charge in [0.2, 0.25) is 0 Å². The summed E-state index contributed by atoms with van der Waals surface area (Å²) in [6.45, 7) is 1.57. The van der Waals surface area contributed by atoms with E-state index in [9.17, 15) is 9.59 Å². The normalized spacial score (nSPS) is 11.7. The average Bonchev–Trinajstić information content (AvgIpc) is 2.27. The van der Waals surface area contributed by atoms with Crippen molar-refractivity contribution < 1.29 is 14.3 Å². The number of hydrogen-bond acceptors (Lipinski definition) is 3. The number of amides is 1. The molecule has 0 heterocycles. The molecule has 0 aromatic heterocycles. The van der Waals surface area contributed by atoms with Gasteiger partial charge in [0.05, 0.1) is 7.11 Å². The molecule has 16 heavy (non-hydrogen) atoms. The van der Waals surface area contributed by atoms with Crippen molar-refractivity contribution in [3.05, 3.63) is 34.3 Å². The zero-order valence-corrected chi connectivity index (χ0v) is 10.6. The summed E-state index contributed by atoms with van der Waals surface area (Å²) in [5.74, 6) is -0.775. The zero-order valence-electron chi connectivity index (χ0n) is 8.99. The lowest BCUT2D eigenvalue weighted by molar-refractivity contribution is -0.142. The third kappa shape index (κ3) is 3.34. The van der Waals surface area contributed by atoms with Crippen LogP contribution in [-0.2, 0) is 9.53 Å². The van der Waals surface area contributed by atoms with Gasteiger partial charge in [-0.05, 0) is 25.1 Å². The van der Waals surface area contributed by atoms with Gasteiger partial charge in [-0.3, -0.25) is 4.79 Å². The Labute approximate surface area is 102 Å². The van der Waals surface area contributed by atoms with E-state index in [-0.39, 0.29) is 5.91 Å². The second-order valence-electron chi connectivity index (χ2n) is 3.23. The Morgan fingerprint density at radius 1 is 1.44 bits per heavy atom. The number of benzene rings is 1. The first kappa shape index (κ1) is 12.7. The molecule has 0 aliphatic heterocycles. The van der Waals surface area contributed by atoms with Crippen LogP contribution in [0.1, 0.15) is 17.3 Å². The molecule has 0 saturated heterocycles. The second kappa shape index (κ2) is 5.65.